The van der Waals surface area contributed by atoms with Crippen LogP contribution in [0.3, 0.4) is 0 Å². The summed E-state index contributed by atoms with van der Waals surface area (Å²) in [5, 5.41) is 2.93. The summed E-state index contributed by atoms with van der Waals surface area (Å²) in [6.45, 7) is 3.14. The summed E-state index contributed by atoms with van der Waals surface area (Å²) in [6.07, 6.45) is 0. The van der Waals surface area contributed by atoms with E-state index in [0.717, 1.165) is 0 Å². The number of methoxy groups -OCH3 is 1. The van der Waals surface area contributed by atoms with E-state index < -0.39 is 15.4 Å². The van der Waals surface area contributed by atoms with Crippen molar-refractivity contribution in [1.29, 1.82) is 0 Å². The van der Waals surface area contributed by atoms with Crippen LogP contribution in [-0.4, -0.2) is 70.1 Å². The topological polar surface area (TPSA) is 75.7 Å². The van der Waals surface area contributed by atoms with E-state index in [9.17, 15) is 13.2 Å². The zero-order valence-corrected chi connectivity index (χ0v) is 11.3. The number of rotatable bonds is 4. The monoisotopic (exact) mass is 264 g/mol. The molecule has 7 heteroatoms. The molecule has 6 nitrogen and oxygen atoms in total. The number of nitrogens with zero attached hydrogens (tertiary/aromatic N) is 1. The first-order valence-corrected chi connectivity index (χ1v) is 7.35. The summed E-state index contributed by atoms with van der Waals surface area (Å²) in [7, 11) is 0.156. The molecule has 1 unspecified atom stereocenters. The van der Waals surface area contributed by atoms with Gasteiger partial charge in [-0.25, -0.2) is 8.42 Å². The number of hydrogen-bond acceptors (Lipinski definition) is 6. The van der Waals surface area contributed by atoms with Crippen molar-refractivity contribution < 1.29 is 17.9 Å². The molecule has 0 saturated carbocycles. The molecule has 0 aromatic rings. The predicted molar refractivity (Wildman–Crippen MR) is 64.6 cm³/mol. The largest absolute Gasteiger partial charge is 0.468 e. The fraction of sp³-hybridized carbons (Fsp3) is 0.900. The molecule has 1 aliphatic heterocycles. The Morgan fingerprint density at radius 3 is 2.35 bits per heavy atom. The van der Waals surface area contributed by atoms with E-state index in [1.54, 1.807) is 14.0 Å². The van der Waals surface area contributed by atoms with Gasteiger partial charge in [0.15, 0.2) is 9.84 Å². The van der Waals surface area contributed by atoms with Crippen molar-refractivity contribution in [2.24, 2.45) is 0 Å². The number of esters is 1. The fourth-order valence-corrected chi connectivity index (χ4v) is 3.10. The highest BCUT2D eigenvalue weighted by Gasteiger charge is 2.36. The molecule has 1 heterocycles. The first kappa shape index (κ1) is 14.4. The highest BCUT2D eigenvalue weighted by Crippen LogP contribution is 2.12. The summed E-state index contributed by atoms with van der Waals surface area (Å²) in [6, 6.07) is 0. The minimum atomic E-state index is -2.88. The van der Waals surface area contributed by atoms with Crippen LogP contribution >= 0.6 is 0 Å². The number of hydrogen-bond donors (Lipinski definition) is 1. The maximum Gasteiger partial charge on any atom is 0.327 e. The minimum Gasteiger partial charge on any atom is -0.468 e. The average molecular weight is 264 g/mol. The van der Waals surface area contributed by atoms with E-state index in [2.05, 4.69) is 5.32 Å². The van der Waals surface area contributed by atoms with Gasteiger partial charge >= 0.3 is 5.97 Å². The van der Waals surface area contributed by atoms with Crippen molar-refractivity contribution in [3.05, 3.63) is 0 Å². The van der Waals surface area contributed by atoms with E-state index in [1.165, 1.54) is 7.11 Å². The second-order valence-corrected chi connectivity index (χ2v) is 6.81. The fourth-order valence-electron chi connectivity index (χ4n) is 1.83. The lowest BCUT2D eigenvalue weighted by Gasteiger charge is -2.34. The first-order valence-electron chi connectivity index (χ1n) is 5.53. The molecule has 1 saturated heterocycles. The Morgan fingerprint density at radius 2 is 1.94 bits per heavy atom. The van der Waals surface area contributed by atoms with Crippen LogP contribution in [0.15, 0.2) is 0 Å². The van der Waals surface area contributed by atoms with Gasteiger partial charge in [0.1, 0.15) is 5.54 Å². The predicted octanol–water partition coefficient (Wildman–Crippen LogP) is -1.13. The first-order chi connectivity index (χ1) is 7.83. The zero-order valence-electron chi connectivity index (χ0n) is 10.5. The number of carbonyl (C=O) groups is 1. The lowest BCUT2D eigenvalue weighted by atomic mass is 10.0. The van der Waals surface area contributed by atoms with Gasteiger partial charge in [0.2, 0.25) is 0 Å². The average Bonchev–Trinajstić information content (AvgIpc) is 2.30. The van der Waals surface area contributed by atoms with Crippen molar-refractivity contribution in [2.75, 3.05) is 45.3 Å². The van der Waals surface area contributed by atoms with Gasteiger partial charge in [-0.05, 0) is 14.0 Å². The molecule has 0 radical (unpaired) electrons. The van der Waals surface area contributed by atoms with Crippen LogP contribution in [0.25, 0.3) is 0 Å². The number of carbonyl (C=O) groups excluding carboxylic acids is 1. The summed E-state index contributed by atoms with van der Waals surface area (Å²) >= 11 is 0. The third kappa shape index (κ3) is 3.65. The number of nitrogens with one attached hydrogen (secondary N) is 1. The maximum absolute atomic E-state index is 11.6. The number of ether oxygens (including phenoxy) is 1. The third-order valence-corrected chi connectivity index (χ3v) is 4.77. The van der Waals surface area contributed by atoms with Crippen LogP contribution in [0.1, 0.15) is 6.92 Å². The second kappa shape index (κ2) is 5.32. The number of likely N-dealkylation sites (N-methyl/N-ethyl adjacent to an activating group) is 1. The lowest BCUT2D eigenvalue weighted by Crippen LogP contribution is -2.58. The Bertz CT molecular complexity index is 368. The van der Waals surface area contributed by atoms with Crippen molar-refractivity contribution in [3.8, 4) is 0 Å². The number of sulfone groups is 1. The summed E-state index contributed by atoms with van der Waals surface area (Å²) in [4.78, 5) is 13.6. The molecule has 0 aromatic carbocycles. The van der Waals surface area contributed by atoms with Crippen LogP contribution in [0, 0.1) is 0 Å². The van der Waals surface area contributed by atoms with E-state index in [4.69, 9.17) is 4.74 Å². The van der Waals surface area contributed by atoms with Crippen molar-refractivity contribution >= 4 is 15.8 Å². The molecule has 17 heavy (non-hydrogen) atoms. The normalized spacial score (nSPS) is 23.9. The second-order valence-electron chi connectivity index (χ2n) is 4.50. The summed E-state index contributed by atoms with van der Waals surface area (Å²) in [5.41, 5.74) is -0.796. The molecular formula is C10H20N2O4S. The Kier molecular flexibility index (Phi) is 4.51. The standard InChI is InChI=1S/C10H20N2O4S/c1-10(11-2,9(13)16-3)8-12-4-6-17(14,15)7-5-12/h11H,4-8H2,1-3H3. The van der Waals surface area contributed by atoms with Gasteiger partial charge < -0.3 is 10.1 Å². The molecule has 100 valence electrons. The molecule has 1 atom stereocenters. The summed E-state index contributed by atoms with van der Waals surface area (Å²) < 4.78 is 27.3. The summed E-state index contributed by atoms with van der Waals surface area (Å²) in [5.74, 6) is -0.0181. The van der Waals surface area contributed by atoms with Gasteiger partial charge in [0.05, 0.1) is 18.6 Å². The van der Waals surface area contributed by atoms with Crippen molar-refractivity contribution in [2.45, 2.75) is 12.5 Å². The van der Waals surface area contributed by atoms with Gasteiger partial charge in [-0.15, -0.1) is 0 Å². The van der Waals surface area contributed by atoms with Gasteiger partial charge in [-0.1, -0.05) is 0 Å². The van der Waals surface area contributed by atoms with Crippen LogP contribution in [-0.2, 0) is 19.4 Å². The molecular weight excluding hydrogens is 244 g/mol. The molecule has 0 amide bonds. The highest BCUT2D eigenvalue weighted by molar-refractivity contribution is 7.91. The Morgan fingerprint density at radius 1 is 1.41 bits per heavy atom. The van der Waals surface area contributed by atoms with E-state index in [0.29, 0.717) is 19.6 Å². The van der Waals surface area contributed by atoms with Gasteiger partial charge in [0, 0.05) is 19.6 Å². The molecule has 1 N–H and O–H groups in total. The van der Waals surface area contributed by atoms with Gasteiger partial charge in [-0.2, -0.15) is 0 Å². The lowest BCUT2D eigenvalue weighted by molar-refractivity contribution is -0.148. The quantitative estimate of drug-likeness (QED) is 0.648. The Labute approximate surface area is 102 Å². The van der Waals surface area contributed by atoms with Crippen LogP contribution in [0.5, 0.6) is 0 Å². The van der Waals surface area contributed by atoms with Crippen molar-refractivity contribution in [1.82, 2.24) is 10.2 Å². The third-order valence-electron chi connectivity index (χ3n) is 3.16. The molecule has 1 aliphatic rings. The minimum absolute atomic E-state index is 0.161. The Hall–Kier alpha value is -0.660. The van der Waals surface area contributed by atoms with E-state index in [1.807, 2.05) is 4.90 Å². The molecule has 1 fully saturated rings. The highest BCUT2D eigenvalue weighted by atomic mass is 32.2. The maximum atomic E-state index is 11.6. The molecule has 0 spiro atoms. The van der Waals surface area contributed by atoms with Crippen LogP contribution in [0.4, 0.5) is 0 Å². The molecule has 1 rings (SSSR count). The van der Waals surface area contributed by atoms with Crippen LogP contribution in [0.2, 0.25) is 0 Å². The smallest absolute Gasteiger partial charge is 0.327 e. The Balaban J connectivity index is 2.62. The molecule has 0 aliphatic carbocycles. The molecule has 0 bridgehead atoms. The van der Waals surface area contributed by atoms with E-state index >= 15 is 0 Å². The van der Waals surface area contributed by atoms with Crippen molar-refractivity contribution in [3.63, 3.8) is 0 Å². The van der Waals surface area contributed by atoms with Crippen LogP contribution < -0.4 is 5.32 Å². The van der Waals surface area contributed by atoms with Gasteiger partial charge in [0.25, 0.3) is 0 Å². The van der Waals surface area contributed by atoms with E-state index in [-0.39, 0.29) is 17.5 Å². The van der Waals surface area contributed by atoms with Gasteiger partial charge in [-0.3, -0.25) is 9.69 Å². The zero-order chi connectivity index (χ0) is 13.1. The SMILES string of the molecule is CNC(C)(CN1CCS(=O)(=O)CC1)C(=O)OC. The molecule has 0 aromatic heterocycles.